The van der Waals surface area contributed by atoms with E-state index in [2.05, 4.69) is 0 Å². The second kappa shape index (κ2) is 8.05. The van der Waals surface area contributed by atoms with Gasteiger partial charge >= 0.3 is 5.97 Å². The van der Waals surface area contributed by atoms with Crippen molar-refractivity contribution < 1.29 is 13.9 Å². The summed E-state index contributed by atoms with van der Waals surface area (Å²) in [6.45, 7) is 3.65. The van der Waals surface area contributed by atoms with Crippen molar-refractivity contribution in [1.82, 2.24) is 0 Å². The normalized spacial score (nSPS) is 12.5. The van der Waals surface area contributed by atoms with E-state index in [1.54, 1.807) is 37.3 Å². The number of hydrogen-bond donors (Lipinski definition) is 0. The van der Waals surface area contributed by atoms with Crippen LogP contribution >= 0.6 is 23.2 Å². The number of nitriles is 1. The summed E-state index contributed by atoms with van der Waals surface area (Å²) < 4.78 is 10.8. The number of esters is 1. The molecule has 0 bridgehead atoms. The molecule has 0 saturated heterocycles. The third-order valence-corrected chi connectivity index (χ3v) is 4.17. The number of halogens is 2. The number of carbonyl (C=O) groups is 1. The highest BCUT2D eigenvalue weighted by molar-refractivity contribution is 6.43. The zero-order valence-corrected chi connectivity index (χ0v) is 14.7. The molecule has 0 saturated carbocycles. The van der Waals surface area contributed by atoms with Crippen LogP contribution in [0.3, 0.4) is 0 Å². The van der Waals surface area contributed by atoms with Crippen LogP contribution in [0.5, 0.6) is 0 Å². The number of furan rings is 1. The summed E-state index contributed by atoms with van der Waals surface area (Å²) in [7, 11) is 0. The number of hydrogen-bond acceptors (Lipinski definition) is 4. The average Bonchev–Trinajstić information content (AvgIpc) is 3.03. The molecule has 0 aliphatic heterocycles. The first-order valence-electron chi connectivity index (χ1n) is 7.33. The highest BCUT2D eigenvalue weighted by Gasteiger charge is 2.15. The van der Waals surface area contributed by atoms with Gasteiger partial charge in [-0.3, -0.25) is 0 Å². The third-order valence-electron chi connectivity index (χ3n) is 3.35. The number of rotatable bonds is 5. The van der Waals surface area contributed by atoms with Crippen molar-refractivity contribution in [2.75, 3.05) is 0 Å². The molecule has 0 aliphatic rings. The Morgan fingerprint density at radius 1 is 1.38 bits per heavy atom. The van der Waals surface area contributed by atoms with E-state index in [4.69, 9.17) is 37.6 Å². The zero-order chi connectivity index (χ0) is 17.7. The summed E-state index contributed by atoms with van der Waals surface area (Å²) in [5.74, 6) is 0.158. The maximum Gasteiger partial charge on any atom is 0.349 e. The van der Waals surface area contributed by atoms with Gasteiger partial charge < -0.3 is 9.15 Å². The van der Waals surface area contributed by atoms with Gasteiger partial charge in [-0.25, -0.2) is 4.79 Å². The Morgan fingerprint density at radius 2 is 2.12 bits per heavy atom. The Bertz CT molecular complexity index is 818. The molecule has 0 N–H and O–H groups in total. The van der Waals surface area contributed by atoms with E-state index < -0.39 is 5.97 Å². The SMILES string of the molecule is CCC(C)OC(=O)C(C#N)=Cc1ccc(-c2cccc(Cl)c2Cl)o1. The van der Waals surface area contributed by atoms with Crippen LogP contribution in [-0.4, -0.2) is 12.1 Å². The van der Waals surface area contributed by atoms with Crippen molar-refractivity contribution >= 4 is 35.2 Å². The van der Waals surface area contributed by atoms with E-state index in [-0.39, 0.29) is 11.7 Å². The molecular formula is C18H15Cl2NO3. The third kappa shape index (κ3) is 4.19. The molecule has 124 valence electrons. The van der Waals surface area contributed by atoms with Crippen molar-refractivity contribution in [3.63, 3.8) is 0 Å². The lowest BCUT2D eigenvalue weighted by atomic mass is 10.2. The van der Waals surface area contributed by atoms with Crippen molar-refractivity contribution in [2.24, 2.45) is 0 Å². The summed E-state index contributed by atoms with van der Waals surface area (Å²) in [5.41, 5.74) is 0.498. The molecule has 24 heavy (non-hydrogen) atoms. The Labute approximate surface area is 150 Å². The van der Waals surface area contributed by atoms with Crippen molar-refractivity contribution in [3.05, 3.63) is 51.7 Å². The topological polar surface area (TPSA) is 63.2 Å². The monoisotopic (exact) mass is 363 g/mol. The molecule has 6 heteroatoms. The summed E-state index contributed by atoms with van der Waals surface area (Å²) in [5, 5.41) is 9.94. The molecule has 0 fully saturated rings. The van der Waals surface area contributed by atoms with Crippen LogP contribution in [0.15, 0.2) is 40.3 Å². The summed E-state index contributed by atoms with van der Waals surface area (Å²) in [6.07, 6.45) is 1.75. The number of nitrogens with zero attached hydrogens (tertiary/aromatic N) is 1. The molecule has 1 heterocycles. The molecule has 4 nitrogen and oxygen atoms in total. The largest absolute Gasteiger partial charge is 0.459 e. The van der Waals surface area contributed by atoms with Gasteiger partial charge in [-0.15, -0.1) is 0 Å². The number of carbonyl (C=O) groups excluding carboxylic acids is 1. The van der Waals surface area contributed by atoms with Crippen LogP contribution in [0, 0.1) is 11.3 Å². The molecule has 0 radical (unpaired) electrons. The minimum atomic E-state index is -0.675. The molecule has 0 amide bonds. The summed E-state index contributed by atoms with van der Waals surface area (Å²) in [6, 6.07) is 10.4. The first-order chi connectivity index (χ1) is 11.5. The minimum Gasteiger partial charge on any atom is -0.459 e. The molecule has 2 rings (SSSR count). The maximum atomic E-state index is 11.9. The van der Waals surface area contributed by atoms with Gasteiger partial charge in [0.25, 0.3) is 0 Å². The fourth-order valence-electron chi connectivity index (χ4n) is 1.88. The average molecular weight is 364 g/mol. The van der Waals surface area contributed by atoms with Crippen molar-refractivity contribution in [3.8, 4) is 17.4 Å². The molecule has 2 aromatic rings. The smallest absolute Gasteiger partial charge is 0.349 e. The minimum absolute atomic E-state index is 0.131. The molecule has 1 aromatic heterocycles. The van der Waals surface area contributed by atoms with Gasteiger partial charge in [0.15, 0.2) is 0 Å². The number of ether oxygens (including phenoxy) is 1. The van der Waals surface area contributed by atoms with Gasteiger partial charge in [0.05, 0.1) is 16.1 Å². The molecule has 0 spiro atoms. The number of benzene rings is 1. The summed E-state index contributed by atoms with van der Waals surface area (Å²) in [4.78, 5) is 11.9. The Kier molecular flexibility index (Phi) is 6.08. The van der Waals surface area contributed by atoms with Crippen LogP contribution in [-0.2, 0) is 9.53 Å². The van der Waals surface area contributed by atoms with E-state index in [9.17, 15) is 4.79 Å². The van der Waals surface area contributed by atoms with Gasteiger partial charge in [-0.1, -0.05) is 36.2 Å². The predicted molar refractivity (Wildman–Crippen MR) is 93.6 cm³/mol. The Balaban J connectivity index is 2.28. The highest BCUT2D eigenvalue weighted by Crippen LogP contribution is 2.34. The lowest BCUT2D eigenvalue weighted by Gasteiger charge is -2.09. The van der Waals surface area contributed by atoms with Crippen LogP contribution in [0.4, 0.5) is 0 Å². The predicted octanol–water partition coefficient (Wildman–Crippen LogP) is 5.50. The first-order valence-corrected chi connectivity index (χ1v) is 8.08. The van der Waals surface area contributed by atoms with Crippen LogP contribution in [0.1, 0.15) is 26.0 Å². The van der Waals surface area contributed by atoms with Gasteiger partial charge in [-0.2, -0.15) is 5.26 Å². The fourth-order valence-corrected chi connectivity index (χ4v) is 2.27. The van der Waals surface area contributed by atoms with E-state index in [0.717, 1.165) is 0 Å². The standard InChI is InChI=1S/C18H15Cl2NO3/c1-3-11(2)23-18(22)12(10-21)9-13-7-8-16(24-13)14-5-4-6-15(19)17(14)20/h4-9,11H,3H2,1-2H3. The van der Waals surface area contributed by atoms with E-state index in [0.29, 0.717) is 33.6 Å². The lowest BCUT2D eigenvalue weighted by molar-refractivity contribution is -0.142. The van der Waals surface area contributed by atoms with Gasteiger partial charge in [-0.05, 0) is 37.6 Å². The molecule has 1 atom stereocenters. The van der Waals surface area contributed by atoms with Crippen molar-refractivity contribution in [2.45, 2.75) is 26.4 Å². The molecule has 0 aliphatic carbocycles. The van der Waals surface area contributed by atoms with E-state index >= 15 is 0 Å². The second-order valence-corrected chi connectivity index (χ2v) is 5.88. The lowest BCUT2D eigenvalue weighted by Crippen LogP contribution is -2.15. The van der Waals surface area contributed by atoms with Gasteiger partial charge in [0, 0.05) is 11.6 Å². The zero-order valence-electron chi connectivity index (χ0n) is 13.2. The van der Waals surface area contributed by atoms with Crippen LogP contribution in [0.2, 0.25) is 10.0 Å². The highest BCUT2D eigenvalue weighted by atomic mass is 35.5. The van der Waals surface area contributed by atoms with Gasteiger partial charge in [0.2, 0.25) is 0 Å². The first kappa shape index (κ1) is 18.1. The van der Waals surface area contributed by atoms with E-state index in [1.807, 2.05) is 13.0 Å². The van der Waals surface area contributed by atoms with Crippen molar-refractivity contribution in [1.29, 1.82) is 5.26 Å². The second-order valence-electron chi connectivity index (χ2n) is 5.10. The van der Waals surface area contributed by atoms with Crippen LogP contribution < -0.4 is 0 Å². The van der Waals surface area contributed by atoms with Crippen LogP contribution in [0.25, 0.3) is 17.4 Å². The van der Waals surface area contributed by atoms with Gasteiger partial charge in [0.1, 0.15) is 23.2 Å². The maximum absolute atomic E-state index is 11.9. The molecule has 1 aromatic carbocycles. The quantitative estimate of drug-likeness (QED) is 0.399. The summed E-state index contributed by atoms with van der Waals surface area (Å²) >= 11 is 12.2. The molecule has 1 unspecified atom stereocenters. The Morgan fingerprint density at radius 3 is 2.79 bits per heavy atom. The van der Waals surface area contributed by atoms with E-state index in [1.165, 1.54) is 6.08 Å². The Hall–Kier alpha value is -2.22. The fraction of sp³-hybridized carbons (Fsp3) is 0.222. The molecular weight excluding hydrogens is 349 g/mol.